The fourth-order valence-electron chi connectivity index (χ4n) is 4.41. The summed E-state index contributed by atoms with van der Waals surface area (Å²) in [6.45, 7) is 4.76. The van der Waals surface area contributed by atoms with E-state index in [1.807, 2.05) is 13.8 Å². The Balaban J connectivity index is 1.46. The summed E-state index contributed by atoms with van der Waals surface area (Å²) in [4.78, 5) is 30.7. The molecule has 1 aromatic heterocycles. The van der Waals surface area contributed by atoms with Crippen LogP contribution in [0.25, 0.3) is 0 Å². The highest BCUT2D eigenvalue weighted by atomic mass is 16.5. The van der Waals surface area contributed by atoms with Crippen molar-refractivity contribution in [3.63, 3.8) is 0 Å². The third kappa shape index (κ3) is 2.85. The van der Waals surface area contributed by atoms with Gasteiger partial charge in [-0.15, -0.1) is 0 Å². The van der Waals surface area contributed by atoms with Gasteiger partial charge in [0.2, 0.25) is 5.89 Å². The number of carbonyl (C=O) groups excluding carboxylic acids is 1. The summed E-state index contributed by atoms with van der Waals surface area (Å²) >= 11 is 0. The van der Waals surface area contributed by atoms with Gasteiger partial charge in [0.1, 0.15) is 6.04 Å². The van der Waals surface area contributed by atoms with Gasteiger partial charge in [0.15, 0.2) is 5.82 Å². The minimum absolute atomic E-state index is 0.0492. The van der Waals surface area contributed by atoms with E-state index in [1.165, 1.54) is 0 Å². The summed E-state index contributed by atoms with van der Waals surface area (Å²) in [7, 11) is 0. The number of rotatable bonds is 5. The van der Waals surface area contributed by atoms with E-state index in [9.17, 15) is 14.7 Å². The van der Waals surface area contributed by atoms with Gasteiger partial charge in [-0.1, -0.05) is 25.4 Å². The number of carboxylic acids is 1. The molecule has 0 aromatic carbocycles. The first-order chi connectivity index (χ1) is 12.4. The first-order valence-corrected chi connectivity index (χ1v) is 9.53. The highest BCUT2D eigenvalue weighted by molar-refractivity contribution is 5.80. The maximum atomic E-state index is 12.8. The molecule has 3 fully saturated rings. The van der Waals surface area contributed by atoms with Crippen LogP contribution in [0.15, 0.2) is 4.52 Å². The fourth-order valence-corrected chi connectivity index (χ4v) is 4.41. The molecule has 0 bridgehead atoms. The molecular formula is C18H26N4O4. The van der Waals surface area contributed by atoms with Crippen molar-refractivity contribution in [1.82, 2.24) is 20.4 Å². The molecule has 4 rings (SSSR count). The highest BCUT2D eigenvalue weighted by Gasteiger charge is 2.56. The van der Waals surface area contributed by atoms with Crippen LogP contribution in [0.1, 0.15) is 69.6 Å². The van der Waals surface area contributed by atoms with Crippen LogP contribution < -0.4 is 5.32 Å². The third-order valence-corrected chi connectivity index (χ3v) is 6.20. The Hall–Kier alpha value is -2.12. The molecule has 1 unspecified atom stereocenters. The number of carboxylic acid groups (broad SMARTS) is 1. The van der Waals surface area contributed by atoms with Gasteiger partial charge in [0, 0.05) is 19.0 Å². The first kappa shape index (κ1) is 17.3. The summed E-state index contributed by atoms with van der Waals surface area (Å²) in [5, 5.41) is 16.7. The lowest BCUT2D eigenvalue weighted by atomic mass is 9.81. The Kier molecular flexibility index (Phi) is 4.16. The van der Waals surface area contributed by atoms with Crippen LogP contribution in [-0.4, -0.2) is 45.2 Å². The van der Waals surface area contributed by atoms with Gasteiger partial charge in [0.25, 0.3) is 0 Å². The van der Waals surface area contributed by atoms with Crippen LogP contribution in [0.5, 0.6) is 0 Å². The van der Waals surface area contributed by atoms with Crippen molar-refractivity contribution >= 4 is 12.0 Å². The Labute approximate surface area is 152 Å². The molecule has 2 saturated carbocycles. The third-order valence-electron chi connectivity index (χ3n) is 6.20. The summed E-state index contributed by atoms with van der Waals surface area (Å²) in [5.74, 6) is 0.907. The number of fused-ring (bicyclic) bond motifs is 1. The molecule has 1 aromatic rings. The van der Waals surface area contributed by atoms with E-state index in [1.54, 1.807) is 4.90 Å². The standard InChI is InChI=1S/C18H26N4O4/c1-10(2)13(15-20-14(21-26-15)11-5-6-11)19-17(25)22-8-12-4-3-7-18(12,9-22)16(23)24/h10-13H,3-9H2,1-2H3,(H,19,25)(H,23,24)/t12-,13?,18+/m0/s1. The maximum absolute atomic E-state index is 12.8. The van der Waals surface area contributed by atoms with E-state index >= 15 is 0 Å². The van der Waals surface area contributed by atoms with Crippen LogP contribution in [-0.2, 0) is 4.79 Å². The van der Waals surface area contributed by atoms with Crippen LogP contribution in [0, 0.1) is 17.3 Å². The predicted octanol–water partition coefficient (Wildman–Crippen LogP) is 2.54. The van der Waals surface area contributed by atoms with Crippen molar-refractivity contribution in [2.45, 2.75) is 57.9 Å². The lowest BCUT2D eigenvalue weighted by Crippen LogP contribution is -2.44. The number of urea groups is 1. The van der Waals surface area contributed by atoms with Crippen molar-refractivity contribution in [3.8, 4) is 0 Å². The average molecular weight is 362 g/mol. The van der Waals surface area contributed by atoms with Crippen molar-refractivity contribution in [2.24, 2.45) is 17.3 Å². The molecule has 1 saturated heterocycles. The van der Waals surface area contributed by atoms with Gasteiger partial charge >= 0.3 is 12.0 Å². The zero-order valence-corrected chi connectivity index (χ0v) is 15.3. The van der Waals surface area contributed by atoms with E-state index in [-0.39, 0.29) is 30.5 Å². The number of carbonyl (C=O) groups is 2. The topological polar surface area (TPSA) is 109 Å². The molecule has 0 spiro atoms. The van der Waals surface area contributed by atoms with Crippen molar-refractivity contribution < 1.29 is 19.2 Å². The van der Waals surface area contributed by atoms with Gasteiger partial charge in [-0.3, -0.25) is 4.79 Å². The fraction of sp³-hybridized carbons (Fsp3) is 0.778. The van der Waals surface area contributed by atoms with Gasteiger partial charge in [-0.05, 0) is 37.5 Å². The van der Waals surface area contributed by atoms with Crippen LogP contribution in [0.2, 0.25) is 0 Å². The molecule has 0 radical (unpaired) electrons. The molecule has 2 amide bonds. The predicted molar refractivity (Wildman–Crippen MR) is 91.4 cm³/mol. The second-order valence-electron chi connectivity index (χ2n) is 8.37. The summed E-state index contributed by atoms with van der Waals surface area (Å²) in [6, 6.07) is -0.617. The molecule has 2 N–H and O–H groups in total. The smallest absolute Gasteiger partial charge is 0.318 e. The molecule has 26 heavy (non-hydrogen) atoms. The zero-order valence-electron chi connectivity index (χ0n) is 15.3. The second-order valence-corrected chi connectivity index (χ2v) is 8.37. The largest absolute Gasteiger partial charge is 0.481 e. The first-order valence-electron chi connectivity index (χ1n) is 9.53. The molecule has 3 aliphatic rings. The van der Waals surface area contributed by atoms with E-state index in [0.717, 1.165) is 31.5 Å². The van der Waals surface area contributed by atoms with Crippen LogP contribution in [0.3, 0.4) is 0 Å². The summed E-state index contributed by atoms with van der Waals surface area (Å²) < 4.78 is 5.40. The lowest BCUT2D eigenvalue weighted by molar-refractivity contribution is -0.149. The zero-order chi connectivity index (χ0) is 18.5. The number of likely N-dealkylation sites (tertiary alicyclic amines) is 1. The minimum Gasteiger partial charge on any atom is -0.481 e. The normalized spacial score (nSPS) is 29.0. The van der Waals surface area contributed by atoms with Crippen molar-refractivity contribution in [3.05, 3.63) is 11.7 Å². The summed E-state index contributed by atoms with van der Waals surface area (Å²) in [5.41, 5.74) is -0.770. The van der Waals surface area contributed by atoms with Crippen LogP contribution in [0.4, 0.5) is 4.79 Å². The molecule has 1 aliphatic heterocycles. The van der Waals surface area contributed by atoms with Crippen molar-refractivity contribution in [1.29, 1.82) is 0 Å². The van der Waals surface area contributed by atoms with E-state index in [4.69, 9.17) is 4.52 Å². The SMILES string of the molecule is CC(C)C(NC(=O)N1C[C@@H]2CCC[C@@]2(C(=O)O)C1)c1nc(C2CC2)no1. The highest BCUT2D eigenvalue weighted by Crippen LogP contribution is 2.49. The van der Waals surface area contributed by atoms with Crippen LogP contribution >= 0.6 is 0 Å². The van der Waals surface area contributed by atoms with Gasteiger partial charge in [-0.25, -0.2) is 4.79 Å². The van der Waals surface area contributed by atoms with E-state index in [0.29, 0.717) is 24.8 Å². The molecule has 8 nitrogen and oxygen atoms in total. The summed E-state index contributed by atoms with van der Waals surface area (Å²) in [6.07, 6.45) is 4.62. The Morgan fingerprint density at radius 3 is 2.73 bits per heavy atom. The minimum atomic E-state index is -0.776. The number of aromatic nitrogens is 2. The number of amides is 2. The average Bonchev–Trinajstić information content (AvgIpc) is 3.03. The maximum Gasteiger partial charge on any atom is 0.318 e. The Morgan fingerprint density at radius 1 is 1.35 bits per heavy atom. The number of hydrogen-bond donors (Lipinski definition) is 2. The number of hydrogen-bond acceptors (Lipinski definition) is 5. The number of nitrogens with zero attached hydrogens (tertiary/aromatic N) is 3. The molecule has 2 heterocycles. The monoisotopic (exact) mass is 362 g/mol. The molecule has 2 aliphatic carbocycles. The molecule has 3 atom stereocenters. The van der Waals surface area contributed by atoms with E-state index < -0.39 is 11.4 Å². The molecule has 142 valence electrons. The lowest BCUT2D eigenvalue weighted by Gasteiger charge is -2.25. The quantitative estimate of drug-likeness (QED) is 0.833. The number of aliphatic carboxylic acids is 1. The van der Waals surface area contributed by atoms with Gasteiger partial charge in [-0.2, -0.15) is 4.98 Å². The molecule has 8 heteroatoms. The Morgan fingerprint density at radius 2 is 2.12 bits per heavy atom. The second kappa shape index (κ2) is 6.25. The van der Waals surface area contributed by atoms with Gasteiger partial charge in [0.05, 0.1) is 5.41 Å². The van der Waals surface area contributed by atoms with Gasteiger partial charge < -0.3 is 19.8 Å². The number of nitrogens with one attached hydrogen (secondary N) is 1. The van der Waals surface area contributed by atoms with E-state index in [2.05, 4.69) is 15.5 Å². The Bertz CT molecular complexity index is 714. The molecular weight excluding hydrogens is 336 g/mol. The van der Waals surface area contributed by atoms with Crippen molar-refractivity contribution in [2.75, 3.05) is 13.1 Å².